The third kappa shape index (κ3) is 8.41. The lowest BCUT2D eigenvalue weighted by atomic mass is 9.95. The topological polar surface area (TPSA) is 60.0 Å². The number of nitrogens with one attached hydrogen (secondary N) is 2. The fourth-order valence-electron chi connectivity index (χ4n) is 3.67. The van der Waals surface area contributed by atoms with Crippen molar-refractivity contribution in [1.29, 1.82) is 0 Å². The molecule has 0 unspecified atom stereocenters. The van der Waals surface area contributed by atoms with Gasteiger partial charge in [0, 0.05) is 39.3 Å². The fraction of sp³-hybridized carbons (Fsp3) is 0.895. The number of nitrogens with zero attached hydrogens (tertiary/aromatic N) is 3. The van der Waals surface area contributed by atoms with Crippen LogP contribution in [0, 0.1) is 0 Å². The molecule has 0 aromatic rings. The Balaban J connectivity index is 0.00000338. The number of halogens is 1. The highest BCUT2D eigenvalue weighted by Crippen LogP contribution is 2.17. The largest absolute Gasteiger partial charge is 0.354 e. The Labute approximate surface area is 176 Å². The van der Waals surface area contributed by atoms with E-state index in [4.69, 9.17) is 0 Å². The number of guanidine groups is 1. The maximum absolute atomic E-state index is 11.9. The van der Waals surface area contributed by atoms with Crippen LogP contribution in [0.1, 0.15) is 58.3 Å². The highest BCUT2D eigenvalue weighted by Gasteiger charge is 2.21. The Bertz CT molecular complexity index is 430. The van der Waals surface area contributed by atoms with E-state index in [1.165, 1.54) is 45.1 Å². The number of rotatable bonds is 6. The van der Waals surface area contributed by atoms with E-state index in [0.717, 1.165) is 31.9 Å². The lowest BCUT2D eigenvalue weighted by molar-refractivity contribution is -0.127. The summed E-state index contributed by atoms with van der Waals surface area (Å²) >= 11 is 0. The first-order valence-corrected chi connectivity index (χ1v) is 10.1. The van der Waals surface area contributed by atoms with Gasteiger partial charge in [-0.25, -0.2) is 4.99 Å². The van der Waals surface area contributed by atoms with Gasteiger partial charge in [-0.3, -0.25) is 4.79 Å². The third-order valence-electron chi connectivity index (χ3n) is 5.29. The van der Waals surface area contributed by atoms with Crippen molar-refractivity contribution in [2.45, 2.75) is 70.4 Å². The molecule has 0 aromatic carbocycles. The average Bonchev–Trinajstić information content (AvgIpc) is 2.62. The van der Waals surface area contributed by atoms with E-state index in [9.17, 15) is 4.79 Å². The van der Waals surface area contributed by atoms with Crippen molar-refractivity contribution in [2.75, 3.05) is 40.3 Å². The number of likely N-dealkylation sites (tertiary alicyclic amines) is 1. The van der Waals surface area contributed by atoms with Crippen molar-refractivity contribution in [3.8, 4) is 0 Å². The summed E-state index contributed by atoms with van der Waals surface area (Å²) in [6, 6.07) is 0.951. The first-order chi connectivity index (χ1) is 12.1. The van der Waals surface area contributed by atoms with Crippen LogP contribution in [0.15, 0.2) is 4.99 Å². The molecule has 2 fully saturated rings. The highest BCUT2D eigenvalue weighted by molar-refractivity contribution is 14.0. The maximum atomic E-state index is 11.9. The van der Waals surface area contributed by atoms with Gasteiger partial charge in [0.2, 0.25) is 5.91 Å². The van der Waals surface area contributed by atoms with E-state index < -0.39 is 0 Å². The number of amides is 1. The molecule has 1 amide bonds. The van der Waals surface area contributed by atoms with Crippen molar-refractivity contribution in [3.63, 3.8) is 0 Å². The number of likely N-dealkylation sites (N-methyl/N-ethyl adjacent to an activating group) is 1. The number of hydrogen-bond donors (Lipinski definition) is 2. The van der Waals surface area contributed by atoms with Crippen molar-refractivity contribution in [1.82, 2.24) is 20.4 Å². The Morgan fingerprint density at radius 3 is 2.15 bits per heavy atom. The van der Waals surface area contributed by atoms with Gasteiger partial charge in [0.1, 0.15) is 6.54 Å². The Morgan fingerprint density at radius 1 is 1.04 bits per heavy atom. The van der Waals surface area contributed by atoms with Crippen molar-refractivity contribution < 1.29 is 4.79 Å². The predicted octanol–water partition coefficient (Wildman–Crippen LogP) is 2.43. The van der Waals surface area contributed by atoms with Gasteiger partial charge in [0.05, 0.1) is 0 Å². The number of aliphatic imine (C=N–C) groups is 1. The molecule has 1 aliphatic carbocycles. The SMILES string of the molecule is CCCN1CCC(NC(=NCC(=O)N(C)C)NC2CCCCC2)CC1.I. The van der Waals surface area contributed by atoms with Crippen LogP contribution < -0.4 is 10.6 Å². The highest BCUT2D eigenvalue weighted by atomic mass is 127. The zero-order valence-corrected chi connectivity index (χ0v) is 19.1. The summed E-state index contributed by atoms with van der Waals surface area (Å²) in [5, 5.41) is 7.19. The van der Waals surface area contributed by atoms with Crippen LogP contribution in [-0.2, 0) is 4.79 Å². The van der Waals surface area contributed by atoms with Crippen LogP contribution in [0.2, 0.25) is 0 Å². The monoisotopic (exact) mass is 479 g/mol. The normalized spacial score (nSPS) is 20.3. The van der Waals surface area contributed by atoms with E-state index in [2.05, 4.69) is 27.4 Å². The van der Waals surface area contributed by atoms with Crippen molar-refractivity contribution in [3.05, 3.63) is 0 Å². The molecular formula is C19H38IN5O. The lowest BCUT2D eigenvalue weighted by Gasteiger charge is -2.34. The molecule has 0 spiro atoms. The van der Waals surface area contributed by atoms with Gasteiger partial charge < -0.3 is 20.4 Å². The van der Waals surface area contributed by atoms with Gasteiger partial charge >= 0.3 is 0 Å². The van der Waals surface area contributed by atoms with E-state index >= 15 is 0 Å². The molecule has 0 radical (unpaired) electrons. The Morgan fingerprint density at radius 2 is 1.62 bits per heavy atom. The second-order valence-electron chi connectivity index (χ2n) is 7.69. The molecule has 2 rings (SSSR count). The maximum Gasteiger partial charge on any atom is 0.243 e. The molecule has 2 N–H and O–H groups in total. The van der Waals surface area contributed by atoms with Gasteiger partial charge in [-0.15, -0.1) is 24.0 Å². The lowest BCUT2D eigenvalue weighted by Crippen LogP contribution is -2.51. The molecule has 152 valence electrons. The molecule has 0 bridgehead atoms. The summed E-state index contributed by atoms with van der Waals surface area (Å²) < 4.78 is 0. The van der Waals surface area contributed by atoms with E-state index in [1.807, 2.05) is 0 Å². The predicted molar refractivity (Wildman–Crippen MR) is 119 cm³/mol. The van der Waals surface area contributed by atoms with Gasteiger partial charge in [-0.1, -0.05) is 26.2 Å². The second kappa shape index (κ2) is 12.8. The van der Waals surface area contributed by atoms with Crippen LogP contribution in [0.5, 0.6) is 0 Å². The average molecular weight is 479 g/mol. The van der Waals surface area contributed by atoms with Crippen LogP contribution in [0.25, 0.3) is 0 Å². The summed E-state index contributed by atoms with van der Waals surface area (Å²) in [6.45, 7) is 5.96. The van der Waals surface area contributed by atoms with Gasteiger partial charge in [0.25, 0.3) is 0 Å². The second-order valence-corrected chi connectivity index (χ2v) is 7.69. The molecule has 1 saturated heterocycles. The smallest absolute Gasteiger partial charge is 0.243 e. The number of hydrogen-bond acceptors (Lipinski definition) is 3. The standard InChI is InChI=1S/C19H37N5O.HI/c1-4-12-24-13-10-17(11-14-24)22-19(20-15-18(25)23(2)3)21-16-8-6-5-7-9-16;/h16-17H,4-15H2,1-3H3,(H2,20,21,22);1H. The Kier molecular flexibility index (Phi) is 11.5. The van der Waals surface area contributed by atoms with E-state index in [1.54, 1.807) is 19.0 Å². The molecule has 1 saturated carbocycles. The summed E-state index contributed by atoms with van der Waals surface area (Å²) in [7, 11) is 3.56. The Hall–Kier alpha value is -0.570. The molecule has 26 heavy (non-hydrogen) atoms. The van der Waals surface area contributed by atoms with Crippen molar-refractivity contribution in [2.24, 2.45) is 4.99 Å². The van der Waals surface area contributed by atoms with Gasteiger partial charge in [0.15, 0.2) is 5.96 Å². The van der Waals surface area contributed by atoms with Gasteiger partial charge in [-0.05, 0) is 38.6 Å². The molecule has 2 aliphatic rings. The minimum Gasteiger partial charge on any atom is -0.354 e. The summed E-state index contributed by atoms with van der Waals surface area (Å²) in [6.07, 6.45) is 9.84. The first kappa shape index (κ1) is 23.5. The summed E-state index contributed by atoms with van der Waals surface area (Å²) in [5.41, 5.74) is 0. The molecule has 1 aliphatic heterocycles. The zero-order valence-electron chi connectivity index (χ0n) is 16.8. The minimum atomic E-state index is 0. The van der Waals surface area contributed by atoms with E-state index in [-0.39, 0.29) is 36.4 Å². The fourth-order valence-corrected chi connectivity index (χ4v) is 3.67. The minimum absolute atomic E-state index is 0. The van der Waals surface area contributed by atoms with Crippen molar-refractivity contribution >= 4 is 35.8 Å². The third-order valence-corrected chi connectivity index (χ3v) is 5.29. The number of piperidine rings is 1. The van der Waals surface area contributed by atoms with Crippen LogP contribution >= 0.6 is 24.0 Å². The summed E-state index contributed by atoms with van der Waals surface area (Å²) in [4.78, 5) is 20.6. The zero-order chi connectivity index (χ0) is 18.1. The number of carbonyl (C=O) groups excluding carboxylic acids is 1. The van der Waals surface area contributed by atoms with Crippen LogP contribution in [0.3, 0.4) is 0 Å². The molecule has 1 heterocycles. The number of carbonyl (C=O) groups is 1. The van der Waals surface area contributed by atoms with E-state index in [0.29, 0.717) is 12.1 Å². The van der Waals surface area contributed by atoms with Crippen LogP contribution in [-0.4, -0.2) is 74.0 Å². The molecular weight excluding hydrogens is 441 g/mol. The van der Waals surface area contributed by atoms with Gasteiger partial charge in [-0.2, -0.15) is 0 Å². The molecule has 6 nitrogen and oxygen atoms in total. The molecule has 0 atom stereocenters. The molecule has 0 aromatic heterocycles. The summed E-state index contributed by atoms with van der Waals surface area (Å²) in [5.74, 6) is 0.874. The molecule has 7 heteroatoms. The quantitative estimate of drug-likeness (QED) is 0.349. The first-order valence-electron chi connectivity index (χ1n) is 10.1. The van der Waals surface area contributed by atoms with Crippen LogP contribution in [0.4, 0.5) is 0 Å².